The van der Waals surface area contributed by atoms with Crippen LogP contribution in [0.4, 0.5) is 0 Å². The Bertz CT molecular complexity index is 273. The van der Waals surface area contributed by atoms with Crippen LogP contribution >= 0.6 is 0 Å². The Labute approximate surface area is 80.8 Å². The first-order valence-electron chi connectivity index (χ1n) is 5.29. The maximum atomic E-state index is 2.45. The summed E-state index contributed by atoms with van der Waals surface area (Å²) < 4.78 is 2.45. The molecule has 1 saturated carbocycles. The fraction of sp³-hybridized carbons (Fsp3) is 0.667. The highest BCUT2D eigenvalue weighted by molar-refractivity contribution is 5.13. The van der Waals surface area contributed by atoms with E-state index in [1.165, 1.54) is 30.8 Å². The average Bonchev–Trinajstić information content (AvgIpc) is 2.32. The molecule has 1 nitrogen and oxygen atoms in total. The van der Waals surface area contributed by atoms with Crippen molar-refractivity contribution in [1.82, 2.24) is 4.57 Å². The van der Waals surface area contributed by atoms with Gasteiger partial charge in [-0.2, -0.15) is 0 Å². The van der Waals surface area contributed by atoms with Gasteiger partial charge in [0.05, 0.1) is 0 Å². The molecule has 0 atom stereocenters. The Morgan fingerprint density at radius 2 is 1.77 bits per heavy atom. The van der Waals surface area contributed by atoms with E-state index >= 15 is 0 Å². The molecule has 0 unspecified atom stereocenters. The highest BCUT2D eigenvalue weighted by atomic mass is 15.0. The van der Waals surface area contributed by atoms with E-state index in [2.05, 4.69) is 37.5 Å². The van der Waals surface area contributed by atoms with Crippen LogP contribution in [-0.4, -0.2) is 4.57 Å². The van der Waals surface area contributed by atoms with Crippen LogP contribution in [0.25, 0.3) is 0 Å². The molecular weight excluding hydrogens is 158 g/mol. The molecular formula is C12H19N. The van der Waals surface area contributed by atoms with Crippen molar-refractivity contribution in [2.24, 2.45) is 11.8 Å². The van der Waals surface area contributed by atoms with E-state index in [4.69, 9.17) is 0 Å². The zero-order valence-corrected chi connectivity index (χ0v) is 8.88. The molecule has 1 fully saturated rings. The maximum absolute atomic E-state index is 2.45. The fourth-order valence-electron chi connectivity index (χ4n) is 2.46. The quantitative estimate of drug-likeness (QED) is 0.654. The number of aromatic nitrogens is 1. The fourth-order valence-corrected chi connectivity index (χ4v) is 2.46. The first-order chi connectivity index (χ1) is 6.16. The summed E-state index contributed by atoms with van der Waals surface area (Å²) in [4.78, 5) is 0. The Hall–Kier alpha value is -0.720. The number of hydrogen-bond acceptors (Lipinski definition) is 0. The summed E-state index contributed by atoms with van der Waals surface area (Å²) in [6, 6.07) is 4.44. The molecule has 0 N–H and O–H groups in total. The molecule has 1 aliphatic carbocycles. The van der Waals surface area contributed by atoms with Crippen molar-refractivity contribution >= 4 is 0 Å². The maximum Gasteiger partial charge on any atom is 0.0253 e. The lowest BCUT2D eigenvalue weighted by Crippen LogP contribution is -2.26. The van der Waals surface area contributed by atoms with Crippen LogP contribution in [0.2, 0.25) is 0 Å². The lowest BCUT2D eigenvalue weighted by Gasteiger charge is -2.33. The van der Waals surface area contributed by atoms with Gasteiger partial charge in [-0.3, -0.25) is 0 Å². The molecule has 2 rings (SSSR count). The van der Waals surface area contributed by atoms with E-state index in [0.29, 0.717) is 0 Å². The highest BCUT2D eigenvalue weighted by Crippen LogP contribution is 2.34. The summed E-state index contributed by atoms with van der Waals surface area (Å²) in [6.07, 6.45) is 2.86. The summed E-state index contributed by atoms with van der Waals surface area (Å²) in [5, 5.41) is 0. The minimum atomic E-state index is 0.944. The molecule has 0 saturated heterocycles. The smallest absolute Gasteiger partial charge is 0.0253 e. The van der Waals surface area contributed by atoms with Gasteiger partial charge < -0.3 is 4.57 Å². The minimum Gasteiger partial charge on any atom is -0.349 e. The molecule has 0 aliphatic heterocycles. The molecule has 1 aromatic rings. The van der Waals surface area contributed by atoms with E-state index < -0.39 is 0 Å². The predicted molar refractivity (Wildman–Crippen MR) is 55.8 cm³/mol. The minimum absolute atomic E-state index is 0.944. The van der Waals surface area contributed by atoms with Gasteiger partial charge in [0.15, 0.2) is 0 Å². The van der Waals surface area contributed by atoms with Gasteiger partial charge >= 0.3 is 0 Å². The summed E-state index contributed by atoms with van der Waals surface area (Å²) in [5.74, 6) is 1.92. The molecule has 0 amide bonds. The molecule has 1 aromatic heterocycles. The first kappa shape index (κ1) is 8.86. The van der Waals surface area contributed by atoms with Gasteiger partial charge in [0.1, 0.15) is 0 Å². The van der Waals surface area contributed by atoms with Crippen LogP contribution in [0.5, 0.6) is 0 Å². The first-order valence-corrected chi connectivity index (χ1v) is 5.29. The molecule has 0 radical (unpaired) electrons. The second kappa shape index (κ2) is 3.21. The zero-order valence-electron chi connectivity index (χ0n) is 8.88. The number of hydrogen-bond donors (Lipinski definition) is 0. The summed E-state index contributed by atoms with van der Waals surface area (Å²) in [7, 11) is 0. The molecule has 0 spiro atoms. The number of aryl methyl sites for hydroxylation is 2. The molecule has 1 aliphatic rings. The number of rotatable bonds is 2. The summed E-state index contributed by atoms with van der Waals surface area (Å²) in [5.41, 5.74) is 2.83. The molecule has 0 bridgehead atoms. The van der Waals surface area contributed by atoms with Crippen LogP contribution in [0.15, 0.2) is 12.1 Å². The standard InChI is InChI=1S/C12H19N/c1-9-6-12(7-9)8-13-10(2)4-5-11(13)3/h4-5,9,12H,6-8H2,1-3H3. The van der Waals surface area contributed by atoms with Gasteiger partial charge in [0, 0.05) is 17.9 Å². The molecule has 0 aromatic carbocycles. The third kappa shape index (κ3) is 1.65. The Kier molecular flexibility index (Phi) is 2.19. The van der Waals surface area contributed by atoms with Crippen molar-refractivity contribution < 1.29 is 0 Å². The normalized spacial score (nSPS) is 27.3. The van der Waals surface area contributed by atoms with Crippen LogP contribution < -0.4 is 0 Å². The third-order valence-electron chi connectivity index (χ3n) is 3.33. The van der Waals surface area contributed by atoms with Crippen molar-refractivity contribution in [3.8, 4) is 0 Å². The largest absolute Gasteiger partial charge is 0.349 e. The topological polar surface area (TPSA) is 4.93 Å². The van der Waals surface area contributed by atoms with E-state index in [0.717, 1.165) is 11.8 Å². The SMILES string of the molecule is Cc1ccc(C)n1CC1CC(C)C1. The lowest BCUT2D eigenvalue weighted by molar-refractivity contribution is 0.186. The monoisotopic (exact) mass is 177 g/mol. The Morgan fingerprint density at radius 1 is 1.23 bits per heavy atom. The molecule has 1 heteroatoms. The van der Waals surface area contributed by atoms with Gasteiger partial charge in [-0.05, 0) is 50.7 Å². The van der Waals surface area contributed by atoms with E-state index in [1.807, 2.05) is 0 Å². The number of nitrogens with zero attached hydrogens (tertiary/aromatic N) is 1. The Morgan fingerprint density at radius 3 is 2.23 bits per heavy atom. The highest BCUT2D eigenvalue weighted by Gasteiger charge is 2.25. The molecule has 1 heterocycles. The Balaban J connectivity index is 2.01. The summed E-state index contributed by atoms with van der Waals surface area (Å²) in [6.45, 7) is 8.01. The van der Waals surface area contributed by atoms with Crippen molar-refractivity contribution in [2.75, 3.05) is 0 Å². The average molecular weight is 177 g/mol. The van der Waals surface area contributed by atoms with Crippen molar-refractivity contribution in [1.29, 1.82) is 0 Å². The van der Waals surface area contributed by atoms with Crippen LogP contribution in [0.3, 0.4) is 0 Å². The van der Waals surface area contributed by atoms with Crippen molar-refractivity contribution in [3.63, 3.8) is 0 Å². The van der Waals surface area contributed by atoms with Gasteiger partial charge in [0.2, 0.25) is 0 Å². The van der Waals surface area contributed by atoms with Crippen LogP contribution in [0.1, 0.15) is 31.2 Å². The second-order valence-corrected chi connectivity index (χ2v) is 4.67. The second-order valence-electron chi connectivity index (χ2n) is 4.67. The van der Waals surface area contributed by atoms with E-state index in [-0.39, 0.29) is 0 Å². The van der Waals surface area contributed by atoms with E-state index in [1.54, 1.807) is 0 Å². The van der Waals surface area contributed by atoms with Gasteiger partial charge in [0.25, 0.3) is 0 Å². The lowest BCUT2D eigenvalue weighted by atomic mass is 9.76. The van der Waals surface area contributed by atoms with Crippen molar-refractivity contribution in [2.45, 2.75) is 40.2 Å². The predicted octanol–water partition coefficient (Wildman–Crippen LogP) is 3.15. The van der Waals surface area contributed by atoms with Gasteiger partial charge in [-0.1, -0.05) is 6.92 Å². The van der Waals surface area contributed by atoms with E-state index in [9.17, 15) is 0 Å². The zero-order chi connectivity index (χ0) is 9.42. The van der Waals surface area contributed by atoms with Crippen molar-refractivity contribution in [3.05, 3.63) is 23.5 Å². The molecule has 72 valence electrons. The van der Waals surface area contributed by atoms with Gasteiger partial charge in [-0.25, -0.2) is 0 Å². The third-order valence-corrected chi connectivity index (χ3v) is 3.33. The van der Waals surface area contributed by atoms with Crippen LogP contribution in [-0.2, 0) is 6.54 Å². The van der Waals surface area contributed by atoms with Gasteiger partial charge in [-0.15, -0.1) is 0 Å². The molecule has 13 heavy (non-hydrogen) atoms. The van der Waals surface area contributed by atoms with Crippen LogP contribution in [0, 0.1) is 25.7 Å². The summed E-state index contributed by atoms with van der Waals surface area (Å²) >= 11 is 0.